The second kappa shape index (κ2) is 5.67. The quantitative estimate of drug-likeness (QED) is 0.841. The fourth-order valence-electron chi connectivity index (χ4n) is 1.68. The van der Waals surface area contributed by atoms with Gasteiger partial charge in [0.15, 0.2) is 5.76 Å². The van der Waals surface area contributed by atoms with Crippen LogP contribution in [0.2, 0.25) is 0 Å². The van der Waals surface area contributed by atoms with Gasteiger partial charge in [-0.2, -0.15) is 0 Å². The van der Waals surface area contributed by atoms with Crippen LogP contribution in [0, 0.1) is 0 Å². The number of para-hydroxylation sites is 1. The highest BCUT2D eigenvalue weighted by Gasteiger charge is 2.13. The summed E-state index contributed by atoms with van der Waals surface area (Å²) >= 11 is 4.95. The van der Waals surface area contributed by atoms with Gasteiger partial charge in [-0.05, 0) is 24.3 Å². The number of aryl methyl sites for hydroxylation is 1. The van der Waals surface area contributed by atoms with Crippen LogP contribution in [0.15, 0.2) is 40.8 Å². The van der Waals surface area contributed by atoms with E-state index in [-0.39, 0.29) is 16.7 Å². The fourth-order valence-corrected chi connectivity index (χ4v) is 1.86. The highest BCUT2D eigenvalue weighted by molar-refractivity contribution is 7.80. The van der Waals surface area contributed by atoms with Crippen molar-refractivity contribution in [3.8, 4) is 0 Å². The highest BCUT2D eigenvalue weighted by atomic mass is 32.1. The first-order valence-corrected chi connectivity index (χ1v) is 6.31. The Morgan fingerprint density at radius 2 is 2.05 bits per heavy atom. The average molecular weight is 274 g/mol. The number of furan rings is 1. The first kappa shape index (κ1) is 13.3. The number of nitrogens with one attached hydrogen (secondary N) is 1. The Labute approximate surface area is 116 Å². The largest absolute Gasteiger partial charge is 0.456 e. The maximum Gasteiger partial charge on any atom is 0.291 e. The van der Waals surface area contributed by atoms with E-state index in [1.165, 1.54) is 0 Å². The first-order valence-electron chi connectivity index (χ1n) is 5.90. The van der Waals surface area contributed by atoms with Crippen molar-refractivity contribution in [3.63, 3.8) is 0 Å². The molecule has 5 heteroatoms. The zero-order chi connectivity index (χ0) is 13.8. The molecule has 2 aromatic rings. The maximum atomic E-state index is 12.0. The normalized spacial score (nSPS) is 10.2. The lowest BCUT2D eigenvalue weighted by molar-refractivity contribution is 0.0995. The Kier molecular flexibility index (Phi) is 3.97. The van der Waals surface area contributed by atoms with Crippen LogP contribution < -0.4 is 11.1 Å². The van der Waals surface area contributed by atoms with Gasteiger partial charge >= 0.3 is 0 Å². The minimum absolute atomic E-state index is 0.240. The lowest BCUT2D eigenvalue weighted by Gasteiger charge is -2.08. The second-order valence-corrected chi connectivity index (χ2v) is 4.42. The summed E-state index contributed by atoms with van der Waals surface area (Å²) in [5, 5.41) is 2.75. The number of amides is 1. The van der Waals surface area contributed by atoms with Crippen LogP contribution in [0.25, 0.3) is 0 Å². The van der Waals surface area contributed by atoms with Crippen LogP contribution in [-0.2, 0) is 6.42 Å². The fraction of sp³-hybridized carbons (Fsp3) is 0.143. The number of carbonyl (C=O) groups is 1. The van der Waals surface area contributed by atoms with Crippen molar-refractivity contribution < 1.29 is 9.21 Å². The van der Waals surface area contributed by atoms with Gasteiger partial charge in [-0.1, -0.05) is 31.3 Å². The molecule has 98 valence electrons. The van der Waals surface area contributed by atoms with Gasteiger partial charge in [0.2, 0.25) is 0 Å². The number of anilines is 1. The second-order valence-electron chi connectivity index (χ2n) is 3.98. The average Bonchev–Trinajstić information content (AvgIpc) is 2.88. The summed E-state index contributed by atoms with van der Waals surface area (Å²) in [5.74, 6) is 0.728. The third-order valence-electron chi connectivity index (χ3n) is 2.67. The smallest absolute Gasteiger partial charge is 0.291 e. The van der Waals surface area contributed by atoms with Gasteiger partial charge in [0.1, 0.15) is 10.7 Å². The molecule has 1 aromatic heterocycles. The van der Waals surface area contributed by atoms with Gasteiger partial charge < -0.3 is 15.5 Å². The Bertz CT molecular complexity index is 619. The molecular weight excluding hydrogens is 260 g/mol. The first-order chi connectivity index (χ1) is 9.11. The Morgan fingerprint density at radius 3 is 2.68 bits per heavy atom. The van der Waals surface area contributed by atoms with Crippen molar-refractivity contribution in [1.82, 2.24) is 0 Å². The summed E-state index contributed by atoms with van der Waals surface area (Å²) < 4.78 is 5.39. The molecule has 2 rings (SSSR count). The lowest BCUT2D eigenvalue weighted by Crippen LogP contribution is -2.17. The van der Waals surface area contributed by atoms with Gasteiger partial charge in [-0.25, -0.2) is 0 Å². The maximum absolute atomic E-state index is 12.0. The lowest BCUT2D eigenvalue weighted by atomic mass is 10.1. The van der Waals surface area contributed by atoms with Crippen molar-refractivity contribution in [3.05, 3.63) is 53.5 Å². The van der Waals surface area contributed by atoms with Crippen molar-refractivity contribution >= 4 is 28.8 Å². The van der Waals surface area contributed by atoms with Crippen LogP contribution >= 0.6 is 12.2 Å². The number of hydrogen-bond acceptors (Lipinski definition) is 3. The number of thiocarbonyl (C=S) groups is 1. The molecule has 4 nitrogen and oxygen atoms in total. The number of nitrogens with two attached hydrogens (primary N) is 1. The molecule has 0 unspecified atom stereocenters. The summed E-state index contributed by atoms with van der Waals surface area (Å²) in [4.78, 5) is 12.3. The number of rotatable bonds is 4. The molecule has 0 aliphatic carbocycles. The molecule has 3 N–H and O–H groups in total. The Morgan fingerprint density at radius 1 is 1.32 bits per heavy atom. The molecule has 0 radical (unpaired) electrons. The molecule has 0 saturated carbocycles. The minimum atomic E-state index is -0.316. The molecule has 19 heavy (non-hydrogen) atoms. The Hall–Kier alpha value is -2.14. The highest BCUT2D eigenvalue weighted by Crippen LogP contribution is 2.17. The third-order valence-corrected chi connectivity index (χ3v) is 2.89. The monoisotopic (exact) mass is 274 g/mol. The van der Waals surface area contributed by atoms with E-state index in [0.29, 0.717) is 11.3 Å². The molecule has 0 aliphatic rings. The van der Waals surface area contributed by atoms with Crippen molar-refractivity contribution in [2.75, 3.05) is 5.32 Å². The van der Waals surface area contributed by atoms with E-state index < -0.39 is 0 Å². The van der Waals surface area contributed by atoms with Crippen LogP contribution in [0.3, 0.4) is 0 Å². The molecule has 0 saturated heterocycles. The van der Waals surface area contributed by atoms with Crippen LogP contribution in [0.5, 0.6) is 0 Å². The van der Waals surface area contributed by atoms with E-state index in [4.69, 9.17) is 22.4 Å². The van der Waals surface area contributed by atoms with E-state index in [0.717, 1.165) is 12.2 Å². The van der Waals surface area contributed by atoms with Crippen LogP contribution in [0.4, 0.5) is 5.69 Å². The summed E-state index contributed by atoms with van der Waals surface area (Å²) in [7, 11) is 0. The third kappa shape index (κ3) is 3.00. The number of carbonyl (C=O) groups excluding carboxylic acids is 1. The van der Waals surface area contributed by atoms with Crippen molar-refractivity contribution in [2.45, 2.75) is 13.3 Å². The molecule has 1 heterocycles. The zero-order valence-corrected chi connectivity index (χ0v) is 11.3. The van der Waals surface area contributed by atoms with Crippen LogP contribution in [-0.4, -0.2) is 10.9 Å². The van der Waals surface area contributed by atoms with Gasteiger partial charge in [-0.15, -0.1) is 0 Å². The molecule has 0 fully saturated rings. The zero-order valence-electron chi connectivity index (χ0n) is 10.5. The summed E-state index contributed by atoms with van der Waals surface area (Å²) in [6.07, 6.45) is 0.747. The van der Waals surface area contributed by atoms with Gasteiger partial charge in [0.05, 0.1) is 5.69 Å². The molecule has 0 atom stereocenters. The summed E-state index contributed by atoms with van der Waals surface area (Å²) in [5.41, 5.74) is 6.82. The van der Waals surface area contributed by atoms with Gasteiger partial charge in [0, 0.05) is 12.0 Å². The van der Waals surface area contributed by atoms with E-state index in [2.05, 4.69) is 5.32 Å². The molecule has 0 aliphatic heterocycles. The van der Waals surface area contributed by atoms with Gasteiger partial charge in [-0.3, -0.25) is 4.79 Å². The molecule has 1 aromatic carbocycles. The van der Waals surface area contributed by atoms with E-state index in [9.17, 15) is 4.79 Å². The standard InChI is InChI=1S/C14H14N2O2S/c1-2-9-7-8-12(18-9)14(17)16-11-6-4-3-5-10(11)13(15)19/h3-8H,2H2,1H3,(H2,15,19)(H,16,17). The number of hydrogen-bond donors (Lipinski definition) is 2. The number of benzene rings is 1. The summed E-state index contributed by atoms with van der Waals surface area (Å²) in [6, 6.07) is 10.6. The van der Waals surface area contributed by atoms with E-state index >= 15 is 0 Å². The Balaban J connectivity index is 2.21. The van der Waals surface area contributed by atoms with Crippen molar-refractivity contribution in [1.29, 1.82) is 0 Å². The van der Waals surface area contributed by atoms with E-state index in [1.807, 2.05) is 13.0 Å². The predicted molar refractivity (Wildman–Crippen MR) is 78.4 cm³/mol. The molecule has 0 bridgehead atoms. The topological polar surface area (TPSA) is 68.3 Å². The molecule has 1 amide bonds. The van der Waals surface area contributed by atoms with Crippen LogP contribution in [0.1, 0.15) is 28.8 Å². The van der Waals surface area contributed by atoms with Crippen molar-refractivity contribution in [2.24, 2.45) is 5.73 Å². The molecular formula is C14H14N2O2S. The van der Waals surface area contributed by atoms with E-state index in [1.54, 1.807) is 30.3 Å². The van der Waals surface area contributed by atoms with Gasteiger partial charge in [0.25, 0.3) is 5.91 Å². The summed E-state index contributed by atoms with van der Waals surface area (Å²) in [6.45, 7) is 1.96. The SMILES string of the molecule is CCc1ccc(C(=O)Nc2ccccc2C(N)=S)o1. The minimum Gasteiger partial charge on any atom is -0.456 e. The molecule has 0 spiro atoms. The predicted octanol–water partition coefficient (Wildman–Crippen LogP) is 2.73.